The molecule has 0 saturated heterocycles. The molecule has 0 atom stereocenters. The van der Waals surface area contributed by atoms with Crippen LogP contribution in [0.1, 0.15) is 20.1 Å². The van der Waals surface area contributed by atoms with Crippen molar-refractivity contribution in [1.29, 1.82) is 0 Å². The van der Waals surface area contributed by atoms with E-state index < -0.39 is 10.0 Å². The van der Waals surface area contributed by atoms with Crippen LogP contribution in [-0.2, 0) is 16.4 Å². The third-order valence-electron chi connectivity index (χ3n) is 3.60. The van der Waals surface area contributed by atoms with Gasteiger partial charge in [-0.3, -0.25) is 9.78 Å². The van der Waals surface area contributed by atoms with Gasteiger partial charge in [0.1, 0.15) is 0 Å². The summed E-state index contributed by atoms with van der Waals surface area (Å²) in [6.45, 7) is 0.242. The number of halogens is 1. The standard InChI is InChI=1S/C18H15ClN2O3S2/c19-14-3-6-16(7-4-14)26(23,24)21-11-9-15-5-8-17(25-15)18(22)13-2-1-10-20-12-13/h1-8,10,12,21H,9,11H2. The van der Waals surface area contributed by atoms with Crippen LogP contribution in [0.15, 0.2) is 65.8 Å². The third-order valence-corrected chi connectivity index (χ3v) is 6.47. The van der Waals surface area contributed by atoms with Crippen LogP contribution in [0.4, 0.5) is 0 Å². The molecule has 3 aromatic rings. The van der Waals surface area contributed by atoms with Gasteiger partial charge in [0.2, 0.25) is 15.8 Å². The average Bonchev–Trinajstić information content (AvgIpc) is 3.11. The van der Waals surface area contributed by atoms with Gasteiger partial charge in [-0.25, -0.2) is 13.1 Å². The number of hydrogen-bond acceptors (Lipinski definition) is 5. The minimum atomic E-state index is -3.58. The summed E-state index contributed by atoms with van der Waals surface area (Å²) >= 11 is 7.13. The Kier molecular flexibility index (Phi) is 5.83. The number of sulfonamides is 1. The molecule has 1 aromatic carbocycles. The molecule has 0 amide bonds. The smallest absolute Gasteiger partial charge is 0.240 e. The van der Waals surface area contributed by atoms with Crippen molar-refractivity contribution in [2.45, 2.75) is 11.3 Å². The Hall–Kier alpha value is -2.06. The van der Waals surface area contributed by atoms with E-state index in [1.54, 1.807) is 24.4 Å². The van der Waals surface area contributed by atoms with E-state index in [0.29, 0.717) is 21.9 Å². The van der Waals surface area contributed by atoms with E-state index >= 15 is 0 Å². The van der Waals surface area contributed by atoms with Gasteiger partial charge in [0, 0.05) is 34.4 Å². The largest absolute Gasteiger partial charge is 0.288 e. The molecule has 3 rings (SSSR count). The summed E-state index contributed by atoms with van der Waals surface area (Å²) in [4.78, 5) is 18.0. The number of ketones is 1. The summed E-state index contributed by atoms with van der Waals surface area (Å²) in [7, 11) is -3.58. The molecule has 26 heavy (non-hydrogen) atoms. The molecule has 2 aromatic heterocycles. The summed E-state index contributed by atoms with van der Waals surface area (Å²) < 4.78 is 27.0. The lowest BCUT2D eigenvalue weighted by Crippen LogP contribution is -2.25. The fourth-order valence-electron chi connectivity index (χ4n) is 2.28. The molecule has 1 N–H and O–H groups in total. The highest BCUT2D eigenvalue weighted by Crippen LogP contribution is 2.20. The molecule has 134 valence electrons. The van der Waals surface area contributed by atoms with E-state index in [9.17, 15) is 13.2 Å². The lowest BCUT2D eigenvalue weighted by molar-refractivity contribution is 0.104. The number of nitrogens with one attached hydrogen (secondary N) is 1. The fraction of sp³-hybridized carbons (Fsp3) is 0.111. The molecule has 0 radical (unpaired) electrons. The Morgan fingerprint density at radius 1 is 1.12 bits per heavy atom. The van der Waals surface area contributed by atoms with Crippen molar-refractivity contribution < 1.29 is 13.2 Å². The normalized spacial score (nSPS) is 11.4. The van der Waals surface area contributed by atoms with Gasteiger partial charge in [-0.05, 0) is 55.0 Å². The van der Waals surface area contributed by atoms with Gasteiger partial charge in [-0.2, -0.15) is 0 Å². The molecule has 0 fully saturated rings. The molecule has 0 aliphatic carbocycles. The van der Waals surface area contributed by atoms with E-state index in [4.69, 9.17) is 11.6 Å². The van der Waals surface area contributed by atoms with Crippen molar-refractivity contribution in [3.8, 4) is 0 Å². The van der Waals surface area contributed by atoms with Crippen molar-refractivity contribution >= 4 is 38.7 Å². The number of aromatic nitrogens is 1. The molecular formula is C18H15ClN2O3S2. The van der Waals surface area contributed by atoms with Crippen molar-refractivity contribution in [3.05, 3.63) is 81.3 Å². The second-order valence-electron chi connectivity index (χ2n) is 5.44. The van der Waals surface area contributed by atoms with Gasteiger partial charge in [-0.15, -0.1) is 11.3 Å². The lowest BCUT2D eigenvalue weighted by Gasteiger charge is -2.06. The minimum Gasteiger partial charge on any atom is -0.288 e. The Balaban J connectivity index is 1.60. The van der Waals surface area contributed by atoms with E-state index in [2.05, 4.69) is 9.71 Å². The van der Waals surface area contributed by atoms with Gasteiger partial charge in [-0.1, -0.05) is 11.6 Å². The summed E-state index contributed by atoms with van der Waals surface area (Å²) in [5.74, 6) is -0.0869. The number of rotatable bonds is 7. The maximum atomic E-state index is 12.4. The number of pyridine rings is 1. The zero-order chi connectivity index (χ0) is 18.6. The lowest BCUT2D eigenvalue weighted by atomic mass is 10.1. The molecule has 0 bridgehead atoms. The highest BCUT2D eigenvalue weighted by Gasteiger charge is 2.15. The first kappa shape index (κ1) is 18.7. The predicted molar refractivity (Wildman–Crippen MR) is 102 cm³/mol. The summed E-state index contributed by atoms with van der Waals surface area (Å²) in [6, 6.07) is 13.0. The van der Waals surface area contributed by atoms with Gasteiger partial charge in [0.05, 0.1) is 9.77 Å². The van der Waals surface area contributed by atoms with E-state index in [1.165, 1.54) is 41.8 Å². The molecule has 0 spiro atoms. The average molecular weight is 407 g/mol. The highest BCUT2D eigenvalue weighted by molar-refractivity contribution is 7.89. The van der Waals surface area contributed by atoms with E-state index in [0.717, 1.165) is 4.88 Å². The summed E-state index contributed by atoms with van der Waals surface area (Å²) in [6.07, 6.45) is 3.64. The van der Waals surface area contributed by atoms with Gasteiger partial charge in [0.25, 0.3) is 0 Å². The van der Waals surface area contributed by atoms with Crippen molar-refractivity contribution in [2.24, 2.45) is 0 Å². The van der Waals surface area contributed by atoms with Gasteiger partial charge in [0.15, 0.2) is 0 Å². The fourth-order valence-corrected chi connectivity index (χ4v) is 4.41. The zero-order valence-corrected chi connectivity index (χ0v) is 15.9. The molecule has 2 heterocycles. The molecule has 0 aliphatic heterocycles. The molecule has 5 nitrogen and oxygen atoms in total. The Labute approximate surface area is 160 Å². The van der Waals surface area contributed by atoms with Crippen LogP contribution in [0, 0.1) is 0 Å². The van der Waals surface area contributed by atoms with Crippen LogP contribution < -0.4 is 4.72 Å². The van der Waals surface area contributed by atoms with Crippen LogP contribution in [0.3, 0.4) is 0 Å². The molecule has 0 aliphatic rings. The first-order valence-electron chi connectivity index (χ1n) is 7.74. The minimum absolute atomic E-state index is 0.0869. The van der Waals surface area contributed by atoms with E-state index in [-0.39, 0.29) is 17.2 Å². The molecule has 0 saturated carbocycles. The monoisotopic (exact) mass is 406 g/mol. The number of carbonyl (C=O) groups is 1. The molecule has 0 unspecified atom stereocenters. The SMILES string of the molecule is O=C(c1cccnc1)c1ccc(CCNS(=O)(=O)c2ccc(Cl)cc2)s1. The topological polar surface area (TPSA) is 76.1 Å². The van der Waals surface area contributed by atoms with Crippen LogP contribution in [0.2, 0.25) is 5.02 Å². The maximum Gasteiger partial charge on any atom is 0.240 e. The number of nitrogens with zero attached hydrogens (tertiary/aromatic N) is 1. The summed E-state index contributed by atoms with van der Waals surface area (Å²) in [5, 5.41) is 0.480. The number of thiophene rings is 1. The quantitative estimate of drug-likeness (QED) is 0.609. The van der Waals surface area contributed by atoms with E-state index in [1.807, 2.05) is 6.07 Å². The first-order valence-corrected chi connectivity index (χ1v) is 10.4. The van der Waals surface area contributed by atoms with Gasteiger partial charge >= 0.3 is 0 Å². The van der Waals surface area contributed by atoms with Crippen LogP contribution in [0.25, 0.3) is 0 Å². The highest BCUT2D eigenvalue weighted by atomic mass is 35.5. The second-order valence-corrected chi connectivity index (χ2v) is 8.81. The first-order chi connectivity index (χ1) is 12.5. The van der Waals surface area contributed by atoms with Crippen molar-refractivity contribution in [3.63, 3.8) is 0 Å². The van der Waals surface area contributed by atoms with Crippen molar-refractivity contribution in [1.82, 2.24) is 9.71 Å². The number of benzene rings is 1. The third kappa shape index (κ3) is 4.56. The van der Waals surface area contributed by atoms with Crippen LogP contribution in [-0.4, -0.2) is 25.7 Å². The van der Waals surface area contributed by atoms with Gasteiger partial charge < -0.3 is 0 Å². The Morgan fingerprint density at radius 2 is 1.88 bits per heavy atom. The number of hydrogen-bond donors (Lipinski definition) is 1. The van der Waals surface area contributed by atoms with Crippen LogP contribution >= 0.6 is 22.9 Å². The Morgan fingerprint density at radius 3 is 2.58 bits per heavy atom. The molecule has 8 heteroatoms. The number of carbonyl (C=O) groups excluding carboxylic acids is 1. The second kappa shape index (κ2) is 8.09. The van der Waals surface area contributed by atoms with Crippen LogP contribution in [0.5, 0.6) is 0 Å². The maximum absolute atomic E-state index is 12.4. The zero-order valence-electron chi connectivity index (χ0n) is 13.6. The summed E-state index contributed by atoms with van der Waals surface area (Å²) in [5.41, 5.74) is 0.532. The van der Waals surface area contributed by atoms with Crippen molar-refractivity contribution in [2.75, 3.05) is 6.54 Å². The molecular weight excluding hydrogens is 392 g/mol. The predicted octanol–water partition coefficient (Wildman–Crippen LogP) is 3.55. The Bertz CT molecular complexity index is 1000.